The zero-order valence-corrected chi connectivity index (χ0v) is 13.3. The van der Waals surface area contributed by atoms with Crippen LogP contribution in [-0.4, -0.2) is 29.7 Å². The molecule has 0 saturated carbocycles. The molecule has 0 spiro atoms. The van der Waals surface area contributed by atoms with Crippen LogP contribution in [0.2, 0.25) is 0 Å². The number of hydrogen-bond donors (Lipinski definition) is 1. The quantitative estimate of drug-likeness (QED) is 0.779. The third-order valence-corrected chi connectivity index (χ3v) is 3.97. The van der Waals surface area contributed by atoms with Gasteiger partial charge in [0, 0.05) is 0 Å². The first kappa shape index (κ1) is 15.3. The molecule has 1 atom stereocenters. The number of para-hydroxylation sites is 4. The largest absolute Gasteiger partial charge is 0.486 e. The highest BCUT2D eigenvalue weighted by molar-refractivity contribution is 5.79. The molecule has 0 radical (unpaired) electrons. The van der Waals surface area contributed by atoms with Gasteiger partial charge in [0.05, 0.1) is 12.1 Å². The number of nitrogens with zero attached hydrogens (tertiary/aromatic N) is 1. The molecule has 4 rings (SSSR count). The van der Waals surface area contributed by atoms with Crippen LogP contribution in [0.3, 0.4) is 0 Å². The molecule has 1 aliphatic rings. The van der Waals surface area contributed by atoms with E-state index in [1.54, 1.807) is 24.3 Å². The van der Waals surface area contributed by atoms with Gasteiger partial charge in [0.1, 0.15) is 19.3 Å². The Morgan fingerprint density at radius 1 is 1.12 bits per heavy atom. The van der Waals surface area contributed by atoms with Gasteiger partial charge in [-0.2, -0.15) is 0 Å². The fraction of sp³-hybridized carbons (Fsp3) is 0.222. The molecule has 1 amide bonds. The van der Waals surface area contributed by atoms with E-state index in [1.165, 1.54) is 4.57 Å². The maximum atomic E-state index is 12.2. The van der Waals surface area contributed by atoms with E-state index in [9.17, 15) is 9.59 Å². The molecule has 1 N–H and O–H groups in total. The van der Waals surface area contributed by atoms with Crippen LogP contribution in [0.4, 0.5) is 0 Å². The Labute approximate surface area is 142 Å². The standard InChI is InChI=1S/C18H16N2O5/c21-17(10-20-13-5-1-2-6-14(13)25-18(20)22)19-9-12-11-23-15-7-3-4-8-16(15)24-12/h1-8,12H,9-11H2,(H,19,21)/t12-/m1/s1. The first-order chi connectivity index (χ1) is 12.2. The van der Waals surface area contributed by atoms with Crippen molar-refractivity contribution in [3.05, 3.63) is 59.1 Å². The molecule has 0 aliphatic carbocycles. The number of fused-ring (bicyclic) bond motifs is 2. The average Bonchev–Trinajstić information content (AvgIpc) is 2.95. The minimum Gasteiger partial charge on any atom is -0.486 e. The van der Waals surface area contributed by atoms with E-state index in [0.717, 1.165) is 0 Å². The first-order valence-corrected chi connectivity index (χ1v) is 7.94. The van der Waals surface area contributed by atoms with Crippen LogP contribution in [0.15, 0.2) is 57.7 Å². The summed E-state index contributed by atoms with van der Waals surface area (Å²) >= 11 is 0. The third-order valence-electron chi connectivity index (χ3n) is 3.97. The van der Waals surface area contributed by atoms with Crippen LogP contribution < -0.4 is 20.5 Å². The van der Waals surface area contributed by atoms with E-state index in [0.29, 0.717) is 29.2 Å². The molecule has 2 aromatic carbocycles. The second-order valence-corrected chi connectivity index (χ2v) is 5.72. The van der Waals surface area contributed by atoms with Crippen LogP contribution in [0, 0.1) is 0 Å². The van der Waals surface area contributed by atoms with Crippen molar-refractivity contribution in [3.63, 3.8) is 0 Å². The molecule has 1 aromatic heterocycles. The SMILES string of the molecule is O=C(Cn1c(=O)oc2ccccc21)NC[C@@H]1COc2ccccc2O1. The number of nitrogens with one attached hydrogen (secondary N) is 1. The number of rotatable bonds is 4. The molecular weight excluding hydrogens is 324 g/mol. The van der Waals surface area contributed by atoms with Gasteiger partial charge in [-0.25, -0.2) is 4.79 Å². The van der Waals surface area contributed by atoms with Gasteiger partial charge in [0.2, 0.25) is 5.91 Å². The van der Waals surface area contributed by atoms with Crippen molar-refractivity contribution in [2.75, 3.05) is 13.2 Å². The summed E-state index contributed by atoms with van der Waals surface area (Å²) in [6, 6.07) is 14.4. The van der Waals surface area contributed by atoms with E-state index >= 15 is 0 Å². The summed E-state index contributed by atoms with van der Waals surface area (Å²) in [6.45, 7) is 0.531. The molecule has 2 heterocycles. The summed E-state index contributed by atoms with van der Waals surface area (Å²) in [7, 11) is 0. The molecular formula is C18H16N2O5. The van der Waals surface area contributed by atoms with Crippen LogP contribution in [0.1, 0.15) is 0 Å². The second kappa shape index (κ2) is 6.35. The smallest absolute Gasteiger partial charge is 0.420 e. The van der Waals surface area contributed by atoms with E-state index in [-0.39, 0.29) is 25.1 Å². The van der Waals surface area contributed by atoms with Gasteiger partial charge in [-0.05, 0) is 24.3 Å². The maximum Gasteiger partial charge on any atom is 0.420 e. The molecule has 7 heteroatoms. The fourth-order valence-electron chi connectivity index (χ4n) is 2.75. The first-order valence-electron chi connectivity index (χ1n) is 7.94. The number of carbonyl (C=O) groups excluding carboxylic acids is 1. The Kier molecular flexibility index (Phi) is 3.89. The number of benzene rings is 2. The van der Waals surface area contributed by atoms with Crippen molar-refractivity contribution in [2.45, 2.75) is 12.6 Å². The van der Waals surface area contributed by atoms with Crippen molar-refractivity contribution in [1.29, 1.82) is 0 Å². The molecule has 0 saturated heterocycles. The highest BCUT2D eigenvalue weighted by Crippen LogP contribution is 2.30. The minimum atomic E-state index is -0.553. The third kappa shape index (κ3) is 3.08. The summed E-state index contributed by atoms with van der Waals surface area (Å²) in [5, 5.41) is 2.77. The Hall–Kier alpha value is -3.22. The van der Waals surface area contributed by atoms with Crippen LogP contribution in [0.5, 0.6) is 11.5 Å². The van der Waals surface area contributed by atoms with Gasteiger partial charge in [-0.3, -0.25) is 9.36 Å². The summed E-state index contributed by atoms with van der Waals surface area (Å²) in [4.78, 5) is 24.1. The van der Waals surface area contributed by atoms with Gasteiger partial charge in [-0.1, -0.05) is 24.3 Å². The van der Waals surface area contributed by atoms with Crippen molar-refractivity contribution >= 4 is 17.0 Å². The summed E-state index contributed by atoms with van der Waals surface area (Å²) in [5.41, 5.74) is 1.05. The average molecular weight is 340 g/mol. The highest BCUT2D eigenvalue weighted by Gasteiger charge is 2.21. The number of amides is 1. The number of hydrogen-bond acceptors (Lipinski definition) is 5. The summed E-state index contributed by atoms with van der Waals surface area (Å²) < 4.78 is 17.8. The number of carbonyl (C=O) groups is 1. The number of oxazole rings is 1. The van der Waals surface area contributed by atoms with E-state index in [1.807, 2.05) is 24.3 Å². The molecule has 0 unspecified atom stereocenters. The molecule has 7 nitrogen and oxygen atoms in total. The van der Waals surface area contributed by atoms with E-state index in [2.05, 4.69) is 5.32 Å². The predicted octanol–water partition coefficient (Wildman–Crippen LogP) is 1.55. The van der Waals surface area contributed by atoms with Crippen molar-refractivity contribution in [1.82, 2.24) is 9.88 Å². The molecule has 1 aliphatic heterocycles. The van der Waals surface area contributed by atoms with Gasteiger partial charge in [0.25, 0.3) is 0 Å². The summed E-state index contributed by atoms with van der Waals surface area (Å²) in [6.07, 6.45) is -0.281. The highest BCUT2D eigenvalue weighted by atomic mass is 16.6. The second-order valence-electron chi connectivity index (χ2n) is 5.72. The Morgan fingerprint density at radius 2 is 1.88 bits per heavy atom. The van der Waals surface area contributed by atoms with Gasteiger partial charge >= 0.3 is 5.76 Å². The van der Waals surface area contributed by atoms with Crippen molar-refractivity contribution < 1.29 is 18.7 Å². The maximum absolute atomic E-state index is 12.2. The van der Waals surface area contributed by atoms with Crippen LogP contribution in [-0.2, 0) is 11.3 Å². The van der Waals surface area contributed by atoms with Gasteiger partial charge in [-0.15, -0.1) is 0 Å². The van der Waals surface area contributed by atoms with Crippen molar-refractivity contribution in [3.8, 4) is 11.5 Å². The van der Waals surface area contributed by atoms with Gasteiger partial charge < -0.3 is 19.2 Å². The van der Waals surface area contributed by atoms with E-state index in [4.69, 9.17) is 13.9 Å². The lowest BCUT2D eigenvalue weighted by atomic mass is 10.2. The van der Waals surface area contributed by atoms with Crippen LogP contribution >= 0.6 is 0 Å². The molecule has 3 aromatic rings. The molecule has 25 heavy (non-hydrogen) atoms. The molecule has 0 fully saturated rings. The van der Waals surface area contributed by atoms with Crippen LogP contribution in [0.25, 0.3) is 11.1 Å². The predicted molar refractivity (Wildman–Crippen MR) is 89.8 cm³/mol. The lowest BCUT2D eigenvalue weighted by molar-refractivity contribution is -0.122. The monoisotopic (exact) mass is 340 g/mol. The van der Waals surface area contributed by atoms with Gasteiger partial charge in [0.15, 0.2) is 17.1 Å². The zero-order chi connectivity index (χ0) is 17.2. The topological polar surface area (TPSA) is 82.7 Å². The summed E-state index contributed by atoms with van der Waals surface area (Å²) in [5.74, 6) is 0.505. The Balaban J connectivity index is 1.38. The number of aromatic nitrogens is 1. The number of ether oxygens (including phenoxy) is 2. The molecule has 128 valence electrons. The Bertz CT molecular complexity index is 975. The zero-order valence-electron chi connectivity index (χ0n) is 13.3. The normalized spacial score (nSPS) is 15.9. The Morgan fingerprint density at radius 3 is 2.76 bits per heavy atom. The lowest BCUT2D eigenvalue weighted by Crippen LogP contribution is -2.42. The minimum absolute atomic E-state index is 0.111. The fourth-order valence-corrected chi connectivity index (χ4v) is 2.75. The van der Waals surface area contributed by atoms with E-state index < -0.39 is 5.76 Å². The van der Waals surface area contributed by atoms with Crippen molar-refractivity contribution in [2.24, 2.45) is 0 Å². The lowest BCUT2D eigenvalue weighted by Gasteiger charge is -2.26. The molecule has 0 bridgehead atoms.